The molecule has 0 unspecified atom stereocenters. The highest BCUT2D eigenvalue weighted by Crippen LogP contribution is 2.14. The molecule has 7 nitrogen and oxygen atoms in total. The SMILES string of the molecule is CC(C)(O)CCOCCCC(=O)c1ccccc1C(=O)OCCOCCOC(C)(C)C. The Hall–Kier alpha value is -1.80. The van der Waals surface area contributed by atoms with Gasteiger partial charge in [0.2, 0.25) is 0 Å². The van der Waals surface area contributed by atoms with Gasteiger partial charge in [-0.05, 0) is 53.5 Å². The first kappa shape index (κ1) is 27.2. The van der Waals surface area contributed by atoms with Crippen LogP contribution in [0, 0.1) is 0 Å². The molecule has 1 N–H and O–H groups in total. The molecular weight excluding hydrogens is 400 g/mol. The lowest BCUT2D eigenvalue weighted by atomic mass is 10.0. The van der Waals surface area contributed by atoms with Crippen molar-refractivity contribution in [3.8, 4) is 0 Å². The molecule has 1 aromatic carbocycles. The Morgan fingerprint density at radius 1 is 0.839 bits per heavy atom. The van der Waals surface area contributed by atoms with Gasteiger partial charge in [-0.15, -0.1) is 0 Å². The highest BCUT2D eigenvalue weighted by Gasteiger charge is 2.18. The number of carbonyl (C=O) groups is 2. The van der Waals surface area contributed by atoms with E-state index in [1.165, 1.54) is 0 Å². The van der Waals surface area contributed by atoms with E-state index >= 15 is 0 Å². The third-order valence-electron chi connectivity index (χ3n) is 4.22. The summed E-state index contributed by atoms with van der Waals surface area (Å²) in [6.07, 6.45) is 1.34. The number of rotatable bonds is 15. The summed E-state index contributed by atoms with van der Waals surface area (Å²) in [6, 6.07) is 6.65. The molecule has 1 aromatic rings. The highest BCUT2D eigenvalue weighted by molar-refractivity contribution is 6.06. The molecule has 0 heterocycles. The van der Waals surface area contributed by atoms with Gasteiger partial charge in [0, 0.05) is 25.2 Å². The van der Waals surface area contributed by atoms with Gasteiger partial charge in [-0.3, -0.25) is 4.79 Å². The lowest BCUT2D eigenvalue weighted by Gasteiger charge is -2.19. The van der Waals surface area contributed by atoms with Crippen LogP contribution in [0.3, 0.4) is 0 Å². The predicted octanol–water partition coefficient (Wildman–Crippen LogP) is 3.82. The zero-order valence-electron chi connectivity index (χ0n) is 19.6. The number of ether oxygens (including phenoxy) is 4. The molecule has 176 valence electrons. The second kappa shape index (κ2) is 13.6. The molecule has 0 spiro atoms. The summed E-state index contributed by atoms with van der Waals surface area (Å²) in [4.78, 5) is 24.9. The Kier molecular flexibility index (Phi) is 11.9. The molecule has 7 heteroatoms. The molecule has 0 aliphatic carbocycles. The molecule has 0 saturated carbocycles. The minimum absolute atomic E-state index is 0.103. The fourth-order valence-corrected chi connectivity index (χ4v) is 2.58. The molecule has 0 aliphatic rings. The van der Waals surface area contributed by atoms with Crippen LogP contribution in [0.4, 0.5) is 0 Å². The first-order valence-corrected chi connectivity index (χ1v) is 10.8. The molecule has 0 atom stereocenters. The van der Waals surface area contributed by atoms with E-state index < -0.39 is 11.6 Å². The van der Waals surface area contributed by atoms with E-state index in [4.69, 9.17) is 18.9 Å². The minimum Gasteiger partial charge on any atom is -0.460 e. The normalized spacial score (nSPS) is 12.1. The molecule has 0 saturated heterocycles. The topological polar surface area (TPSA) is 91.3 Å². The molecule has 0 bridgehead atoms. The monoisotopic (exact) mass is 438 g/mol. The number of benzene rings is 1. The zero-order valence-corrected chi connectivity index (χ0v) is 19.6. The van der Waals surface area contributed by atoms with E-state index in [1.54, 1.807) is 38.1 Å². The number of aliphatic hydroxyl groups is 1. The van der Waals surface area contributed by atoms with Gasteiger partial charge in [-0.25, -0.2) is 4.79 Å². The Morgan fingerprint density at radius 2 is 1.45 bits per heavy atom. The molecule has 1 rings (SSSR count). The second-order valence-electron chi connectivity index (χ2n) is 8.96. The maximum Gasteiger partial charge on any atom is 0.338 e. The third-order valence-corrected chi connectivity index (χ3v) is 4.22. The summed E-state index contributed by atoms with van der Waals surface area (Å²) < 4.78 is 21.7. The molecule has 0 fully saturated rings. The molecule has 31 heavy (non-hydrogen) atoms. The summed E-state index contributed by atoms with van der Waals surface area (Å²) in [5, 5.41) is 9.65. The van der Waals surface area contributed by atoms with Gasteiger partial charge in [0.25, 0.3) is 0 Å². The minimum atomic E-state index is -0.764. The van der Waals surface area contributed by atoms with Gasteiger partial charge >= 0.3 is 5.97 Å². The van der Waals surface area contributed by atoms with Crippen molar-refractivity contribution in [3.05, 3.63) is 35.4 Å². The van der Waals surface area contributed by atoms with Crippen LogP contribution in [0.2, 0.25) is 0 Å². The average Bonchev–Trinajstić information content (AvgIpc) is 2.67. The standard InChI is InChI=1S/C24H38O7/c1-23(2,3)31-18-16-29-15-17-30-22(26)20-10-7-6-9-19(20)21(25)11-8-13-28-14-12-24(4,5)27/h6-7,9-10,27H,8,11-18H2,1-5H3. The summed E-state index contributed by atoms with van der Waals surface area (Å²) in [7, 11) is 0. The lowest BCUT2D eigenvalue weighted by molar-refractivity contribution is -0.0400. The molecule has 0 amide bonds. The van der Waals surface area contributed by atoms with Crippen LogP contribution in [-0.2, 0) is 18.9 Å². The van der Waals surface area contributed by atoms with E-state index in [0.717, 1.165) is 0 Å². The van der Waals surface area contributed by atoms with E-state index in [2.05, 4.69) is 0 Å². The van der Waals surface area contributed by atoms with Crippen molar-refractivity contribution in [2.75, 3.05) is 39.6 Å². The van der Waals surface area contributed by atoms with Crippen molar-refractivity contribution in [1.82, 2.24) is 0 Å². The van der Waals surface area contributed by atoms with Crippen LogP contribution < -0.4 is 0 Å². The first-order chi connectivity index (χ1) is 14.5. The van der Waals surface area contributed by atoms with Crippen LogP contribution in [0.5, 0.6) is 0 Å². The summed E-state index contributed by atoms with van der Waals surface area (Å²) in [5.41, 5.74) is -0.371. The maximum atomic E-state index is 12.5. The van der Waals surface area contributed by atoms with Crippen molar-refractivity contribution in [2.45, 2.75) is 65.1 Å². The van der Waals surface area contributed by atoms with Crippen LogP contribution in [0.15, 0.2) is 24.3 Å². The first-order valence-electron chi connectivity index (χ1n) is 10.8. The number of Topliss-reactive ketones (excluding diaryl/α,β-unsaturated/α-hetero) is 1. The van der Waals surface area contributed by atoms with Gasteiger partial charge < -0.3 is 24.1 Å². The quantitative estimate of drug-likeness (QED) is 0.253. The fourth-order valence-electron chi connectivity index (χ4n) is 2.58. The van der Waals surface area contributed by atoms with Gasteiger partial charge in [-0.1, -0.05) is 18.2 Å². The van der Waals surface area contributed by atoms with Crippen LogP contribution in [0.25, 0.3) is 0 Å². The van der Waals surface area contributed by atoms with E-state index in [1.807, 2.05) is 20.8 Å². The van der Waals surface area contributed by atoms with Gasteiger partial charge in [0.15, 0.2) is 5.78 Å². The summed E-state index contributed by atoms with van der Waals surface area (Å²) >= 11 is 0. The van der Waals surface area contributed by atoms with Crippen molar-refractivity contribution in [1.29, 1.82) is 0 Å². The summed E-state index contributed by atoms with van der Waals surface area (Å²) in [5.74, 6) is -0.672. The maximum absolute atomic E-state index is 12.5. The predicted molar refractivity (Wildman–Crippen MR) is 119 cm³/mol. The Balaban J connectivity index is 2.35. The smallest absolute Gasteiger partial charge is 0.338 e. The molecular formula is C24H38O7. The molecule has 0 aromatic heterocycles. The second-order valence-corrected chi connectivity index (χ2v) is 8.96. The van der Waals surface area contributed by atoms with Gasteiger partial charge in [0.1, 0.15) is 6.61 Å². The zero-order chi connectivity index (χ0) is 23.3. The van der Waals surface area contributed by atoms with Crippen LogP contribution in [-0.4, -0.2) is 67.7 Å². The lowest BCUT2D eigenvalue weighted by Crippen LogP contribution is -2.22. The van der Waals surface area contributed by atoms with Crippen LogP contribution in [0.1, 0.15) is 74.6 Å². The van der Waals surface area contributed by atoms with E-state index in [-0.39, 0.29) is 36.6 Å². The summed E-state index contributed by atoms with van der Waals surface area (Å²) in [6.45, 7) is 11.5. The Morgan fingerprint density at radius 3 is 2.10 bits per heavy atom. The van der Waals surface area contributed by atoms with E-state index in [9.17, 15) is 14.7 Å². The average molecular weight is 439 g/mol. The Labute approximate surface area is 186 Å². The van der Waals surface area contributed by atoms with E-state index in [0.29, 0.717) is 44.8 Å². The molecule has 0 radical (unpaired) electrons. The number of ketones is 1. The van der Waals surface area contributed by atoms with Crippen molar-refractivity contribution in [3.63, 3.8) is 0 Å². The van der Waals surface area contributed by atoms with Crippen LogP contribution >= 0.6 is 0 Å². The fraction of sp³-hybridized carbons (Fsp3) is 0.667. The number of hydrogen-bond acceptors (Lipinski definition) is 7. The third kappa shape index (κ3) is 13.3. The van der Waals surface area contributed by atoms with Crippen molar-refractivity contribution < 1.29 is 33.6 Å². The van der Waals surface area contributed by atoms with Gasteiger partial charge in [0.05, 0.1) is 36.6 Å². The Bertz CT molecular complexity index is 671. The number of hydrogen-bond donors (Lipinski definition) is 1. The van der Waals surface area contributed by atoms with Crippen molar-refractivity contribution in [2.24, 2.45) is 0 Å². The van der Waals surface area contributed by atoms with Gasteiger partial charge in [-0.2, -0.15) is 0 Å². The number of carbonyl (C=O) groups excluding carboxylic acids is 2. The molecule has 0 aliphatic heterocycles. The highest BCUT2D eigenvalue weighted by atomic mass is 16.6. The largest absolute Gasteiger partial charge is 0.460 e. The number of esters is 1. The van der Waals surface area contributed by atoms with Crippen molar-refractivity contribution >= 4 is 11.8 Å².